The molecule has 0 radical (unpaired) electrons. The molecule has 8 heteroatoms. The molecule has 0 spiro atoms. The van der Waals surface area contributed by atoms with Gasteiger partial charge in [0.05, 0.1) is 3.79 Å². The van der Waals surface area contributed by atoms with Gasteiger partial charge >= 0.3 is 0 Å². The summed E-state index contributed by atoms with van der Waals surface area (Å²) in [5.74, 6) is 0. The van der Waals surface area contributed by atoms with Gasteiger partial charge in [0.2, 0.25) is 0 Å². The van der Waals surface area contributed by atoms with Crippen LogP contribution >= 0.6 is 39.7 Å². The van der Waals surface area contributed by atoms with E-state index in [-0.39, 0.29) is 12.4 Å². The van der Waals surface area contributed by atoms with E-state index >= 15 is 0 Å². The lowest BCUT2D eigenvalue weighted by atomic mass is 10.4. The van der Waals surface area contributed by atoms with Gasteiger partial charge in [-0.15, -0.1) is 23.7 Å². The molecular formula is C9H14BrClN2O2S2. The molecule has 1 fully saturated rings. The van der Waals surface area contributed by atoms with Crippen LogP contribution in [0.5, 0.6) is 0 Å². The van der Waals surface area contributed by atoms with Crippen LogP contribution in [0, 0.1) is 0 Å². The van der Waals surface area contributed by atoms with Crippen molar-refractivity contribution in [3.63, 3.8) is 0 Å². The van der Waals surface area contributed by atoms with Gasteiger partial charge in [-0.25, -0.2) is 8.42 Å². The first kappa shape index (κ1) is 15.4. The van der Waals surface area contributed by atoms with E-state index in [0.717, 1.165) is 16.9 Å². The third-order valence-corrected chi connectivity index (χ3v) is 6.59. The van der Waals surface area contributed by atoms with E-state index < -0.39 is 10.0 Å². The van der Waals surface area contributed by atoms with Crippen molar-refractivity contribution < 1.29 is 8.42 Å². The number of nitrogens with zero attached hydrogens (tertiary/aromatic N) is 2. The van der Waals surface area contributed by atoms with E-state index in [0.29, 0.717) is 17.3 Å². The van der Waals surface area contributed by atoms with Crippen molar-refractivity contribution in [3.8, 4) is 0 Å². The Bertz CT molecular complexity index is 469. The van der Waals surface area contributed by atoms with Crippen LogP contribution < -0.4 is 0 Å². The van der Waals surface area contributed by atoms with Crippen LogP contribution in [0.15, 0.2) is 20.1 Å². The highest BCUT2D eigenvalue weighted by molar-refractivity contribution is 9.11. The first-order chi connectivity index (χ1) is 7.50. The summed E-state index contributed by atoms with van der Waals surface area (Å²) in [5.41, 5.74) is 0. The molecule has 0 amide bonds. The average Bonchev–Trinajstić information content (AvgIpc) is 2.66. The molecule has 1 aromatic rings. The van der Waals surface area contributed by atoms with Gasteiger partial charge in [0.25, 0.3) is 10.0 Å². The summed E-state index contributed by atoms with van der Waals surface area (Å²) in [6.07, 6.45) is 0. The monoisotopic (exact) mass is 360 g/mol. The quantitative estimate of drug-likeness (QED) is 0.807. The van der Waals surface area contributed by atoms with Crippen molar-refractivity contribution in [3.05, 3.63) is 15.9 Å². The van der Waals surface area contributed by atoms with Gasteiger partial charge in [0.1, 0.15) is 4.21 Å². The van der Waals surface area contributed by atoms with Crippen molar-refractivity contribution in [1.82, 2.24) is 9.21 Å². The zero-order valence-corrected chi connectivity index (χ0v) is 13.3. The third kappa shape index (κ3) is 3.42. The highest BCUT2D eigenvalue weighted by atomic mass is 79.9. The maximum Gasteiger partial charge on any atom is 0.252 e. The lowest BCUT2D eigenvalue weighted by Crippen LogP contribution is -2.46. The standard InChI is InChI=1S/C9H13BrN2O2S2.ClH/c1-11-4-6-12(7-5-11)16(13,14)9-3-2-8(10)15-9;/h2-3H,4-7H2,1H3;1H. The minimum Gasteiger partial charge on any atom is -0.304 e. The predicted molar refractivity (Wildman–Crippen MR) is 75.5 cm³/mol. The Morgan fingerprint density at radius 3 is 2.29 bits per heavy atom. The van der Waals surface area contributed by atoms with Gasteiger partial charge in [-0.05, 0) is 35.1 Å². The summed E-state index contributed by atoms with van der Waals surface area (Å²) < 4.78 is 27.2. The first-order valence-corrected chi connectivity index (χ1v) is 7.99. The van der Waals surface area contributed by atoms with E-state index in [1.165, 1.54) is 11.3 Å². The molecule has 17 heavy (non-hydrogen) atoms. The molecule has 1 aliphatic heterocycles. The molecule has 0 atom stereocenters. The minimum atomic E-state index is -3.27. The lowest BCUT2D eigenvalue weighted by molar-refractivity contribution is 0.222. The smallest absolute Gasteiger partial charge is 0.252 e. The molecule has 0 bridgehead atoms. The molecule has 0 N–H and O–H groups in total. The minimum absolute atomic E-state index is 0. The van der Waals surface area contributed by atoms with E-state index in [9.17, 15) is 8.42 Å². The Hall–Kier alpha value is 0.340. The van der Waals surface area contributed by atoms with Gasteiger partial charge < -0.3 is 4.90 Å². The van der Waals surface area contributed by atoms with Crippen molar-refractivity contribution in [2.24, 2.45) is 0 Å². The summed E-state index contributed by atoms with van der Waals surface area (Å²) in [4.78, 5) is 2.14. The van der Waals surface area contributed by atoms with Crippen molar-refractivity contribution in [1.29, 1.82) is 0 Å². The number of hydrogen-bond donors (Lipinski definition) is 0. The summed E-state index contributed by atoms with van der Waals surface area (Å²) in [5, 5.41) is 0. The van der Waals surface area contributed by atoms with Crippen LogP contribution in [0.1, 0.15) is 0 Å². The topological polar surface area (TPSA) is 40.6 Å². The number of likely N-dealkylation sites (N-methyl/N-ethyl adjacent to an activating group) is 1. The maximum atomic E-state index is 12.2. The number of rotatable bonds is 2. The molecule has 4 nitrogen and oxygen atoms in total. The van der Waals surface area contributed by atoms with Crippen LogP contribution in [0.2, 0.25) is 0 Å². The summed E-state index contributed by atoms with van der Waals surface area (Å²) in [6.45, 7) is 2.75. The molecule has 1 aliphatic rings. The Balaban J connectivity index is 0.00000144. The van der Waals surface area contributed by atoms with Crippen LogP contribution in [-0.4, -0.2) is 50.8 Å². The van der Waals surface area contributed by atoms with Crippen molar-refractivity contribution in [2.75, 3.05) is 33.2 Å². The fourth-order valence-corrected chi connectivity index (χ4v) is 5.18. The summed E-state index contributed by atoms with van der Waals surface area (Å²) in [6, 6.07) is 3.43. The van der Waals surface area contributed by atoms with Crippen LogP contribution in [0.4, 0.5) is 0 Å². The molecule has 1 aromatic heterocycles. The van der Waals surface area contributed by atoms with Crippen LogP contribution in [0.3, 0.4) is 0 Å². The van der Waals surface area contributed by atoms with Crippen LogP contribution in [0.25, 0.3) is 0 Å². The Morgan fingerprint density at radius 1 is 1.24 bits per heavy atom. The van der Waals surface area contributed by atoms with Gasteiger partial charge in [-0.3, -0.25) is 0 Å². The molecule has 0 aliphatic carbocycles. The Labute approximate surface area is 120 Å². The Kier molecular flexibility index (Phi) is 5.42. The average molecular weight is 362 g/mol. The SMILES string of the molecule is CN1CCN(S(=O)(=O)c2ccc(Br)s2)CC1.Cl. The van der Waals surface area contributed by atoms with Crippen molar-refractivity contribution >= 4 is 49.7 Å². The molecule has 0 unspecified atom stereocenters. The first-order valence-electron chi connectivity index (χ1n) is 4.94. The van der Waals surface area contributed by atoms with Gasteiger partial charge in [0, 0.05) is 26.2 Å². The van der Waals surface area contributed by atoms with Crippen molar-refractivity contribution in [2.45, 2.75) is 4.21 Å². The number of thiophene rings is 1. The van der Waals surface area contributed by atoms with E-state index in [4.69, 9.17) is 0 Å². The number of halogens is 2. The number of sulfonamides is 1. The number of hydrogen-bond acceptors (Lipinski definition) is 4. The molecule has 0 saturated carbocycles. The summed E-state index contributed by atoms with van der Waals surface area (Å²) >= 11 is 4.55. The second-order valence-corrected chi connectivity index (χ2v) is 8.39. The molecule has 98 valence electrons. The predicted octanol–water partition coefficient (Wildman–Crippen LogP) is 1.87. The molecule has 2 heterocycles. The lowest BCUT2D eigenvalue weighted by Gasteiger charge is -2.31. The fourth-order valence-electron chi connectivity index (χ4n) is 1.59. The maximum absolute atomic E-state index is 12.2. The zero-order chi connectivity index (χ0) is 11.8. The Morgan fingerprint density at radius 2 is 1.82 bits per heavy atom. The summed E-state index contributed by atoms with van der Waals surface area (Å²) in [7, 11) is -1.26. The van der Waals surface area contributed by atoms with Crippen LogP contribution in [-0.2, 0) is 10.0 Å². The van der Waals surface area contributed by atoms with Gasteiger partial charge in [-0.2, -0.15) is 4.31 Å². The van der Waals surface area contributed by atoms with E-state index in [1.807, 2.05) is 7.05 Å². The number of piperazine rings is 1. The van der Waals surface area contributed by atoms with E-state index in [2.05, 4.69) is 20.8 Å². The van der Waals surface area contributed by atoms with E-state index in [1.54, 1.807) is 16.4 Å². The highest BCUT2D eigenvalue weighted by Crippen LogP contribution is 2.28. The normalized spacial score (nSPS) is 18.9. The molecular weight excluding hydrogens is 348 g/mol. The molecule has 0 aromatic carbocycles. The second-order valence-electron chi connectivity index (χ2n) is 3.77. The molecule has 2 rings (SSSR count). The van der Waals surface area contributed by atoms with Gasteiger partial charge in [-0.1, -0.05) is 0 Å². The molecule has 1 saturated heterocycles. The second kappa shape index (κ2) is 5.99. The third-order valence-electron chi connectivity index (χ3n) is 2.60. The highest BCUT2D eigenvalue weighted by Gasteiger charge is 2.28. The largest absolute Gasteiger partial charge is 0.304 e. The zero-order valence-electron chi connectivity index (χ0n) is 9.30. The fraction of sp³-hybridized carbons (Fsp3) is 0.556. The van der Waals surface area contributed by atoms with Gasteiger partial charge in [0.15, 0.2) is 0 Å².